The lowest BCUT2D eigenvalue weighted by molar-refractivity contribution is 0.414. The van der Waals surface area contributed by atoms with E-state index in [-0.39, 0.29) is 5.92 Å². The predicted octanol–water partition coefficient (Wildman–Crippen LogP) is 5.14. The molecule has 2 nitrogen and oxygen atoms in total. The minimum absolute atomic E-state index is 0.274. The summed E-state index contributed by atoms with van der Waals surface area (Å²) in [5.74, 6) is 1.19. The normalized spacial score (nSPS) is 11.8. The third-order valence-corrected chi connectivity index (χ3v) is 4.56. The quantitative estimate of drug-likeness (QED) is 0.620. The fraction of sp³-hybridized carbons (Fsp3) is 0.217. The topological polar surface area (TPSA) is 12.5 Å². The number of hydrogen-bond donors (Lipinski definition) is 0. The Labute approximate surface area is 150 Å². The predicted molar refractivity (Wildman–Crippen MR) is 106 cm³/mol. The first-order valence-electron chi connectivity index (χ1n) is 8.63. The molecular formula is C23H25NO. The molecule has 0 aliphatic rings. The zero-order chi connectivity index (χ0) is 17.6. The lowest BCUT2D eigenvalue weighted by Crippen LogP contribution is -2.16. The van der Waals surface area contributed by atoms with Crippen LogP contribution in [0.25, 0.3) is 0 Å². The van der Waals surface area contributed by atoms with Crippen molar-refractivity contribution in [2.75, 3.05) is 26.1 Å². The molecule has 25 heavy (non-hydrogen) atoms. The number of ether oxygens (including phenoxy) is 1. The van der Waals surface area contributed by atoms with Crippen molar-refractivity contribution in [3.05, 3.63) is 95.6 Å². The van der Waals surface area contributed by atoms with Crippen molar-refractivity contribution in [2.45, 2.75) is 12.3 Å². The molecule has 0 heterocycles. The van der Waals surface area contributed by atoms with Crippen LogP contribution in [0.2, 0.25) is 0 Å². The van der Waals surface area contributed by atoms with Gasteiger partial charge in [0.25, 0.3) is 0 Å². The lowest BCUT2D eigenvalue weighted by atomic mass is 9.84. The van der Waals surface area contributed by atoms with E-state index in [1.54, 1.807) is 7.11 Å². The summed E-state index contributed by atoms with van der Waals surface area (Å²) in [6.45, 7) is 0. The molecule has 1 unspecified atom stereocenters. The van der Waals surface area contributed by atoms with Gasteiger partial charge in [0.1, 0.15) is 5.75 Å². The first-order valence-corrected chi connectivity index (χ1v) is 8.63. The maximum Gasteiger partial charge on any atom is 0.142 e. The molecule has 128 valence electrons. The van der Waals surface area contributed by atoms with Crippen LogP contribution in [0.1, 0.15) is 22.6 Å². The van der Waals surface area contributed by atoms with Gasteiger partial charge >= 0.3 is 0 Å². The third kappa shape index (κ3) is 3.85. The molecule has 2 heteroatoms. The van der Waals surface area contributed by atoms with Gasteiger partial charge in [-0.3, -0.25) is 0 Å². The second kappa shape index (κ2) is 7.89. The minimum Gasteiger partial charge on any atom is -0.495 e. The number of methoxy groups -OCH3 is 1. The maximum absolute atomic E-state index is 5.64. The van der Waals surface area contributed by atoms with E-state index in [9.17, 15) is 0 Å². The molecule has 0 aromatic heterocycles. The van der Waals surface area contributed by atoms with E-state index in [1.165, 1.54) is 16.7 Å². The van der Waals surface area contributed by atoms with Gasteiger partial charge in [0, 0.05) is 20.0 Å². The summed E-state index contributed by atoms with van der Waals surface area (Å²) in [7, 11) is 5.89. The van der Waals surface area contributed by atoms with E-state index in [4.69, 9.17) is 4.74 Å². The number of hydrogen-bond acceptors (Lipinski definition) is 2. The fourth-order valence-electron chi connectivity index (χ4n) is 3.41. The highest BCUT2D eigenvalue weighted by Crippen LogP contribution is 2.39. The molecule has 0 N–H and O–H groups in total. The molecule has 3 aromatic rings. The van der Waals surface area contributed by atoms with E-state index in [2.05, 4.69) is 91.8 Å². The average molecular weight is 331 g/mol. The van der Waals surface area contributed by atoms with Crippen molar-refractivity contribution in [2.24, 2.45) is 0 Å². The molecule has 1 atom stereocenters. The van der Waals surface area contributed by atoms with E-state index < -0.39 is 0 Å². The smallest absolute Gasteiger partial charge is 0.142 e. The minimum atomic E-state index is 0.274. The van der Waals surface area contributed by atoms with Crippen molar-refractivity contribution in [1.82, 2.24) is 0 Å². The van der Waals surface area contributed by atoms with Crippen molar-refractivity contribution < 1.29 is 4.74 Å². The molecule has 0 saturated heterocycles. The van der Waals surface area contributed by atoms with Crippen LogP contribution in [0.4, 0.5) is 5.69 Å². The summed E-state index contributed by atoms with van der Waals surface area (Å²) < 4.78 is 5.64. The monoisotopic (exact) mass is 331 g/mol. The van der Waals surface area contributed by atoms with Crippen molar-refractivity contribution in [3.8, 4) is 5.75 Å². The molecule has 3 aromatic carbocycles. The van der Waals surface area contributed by atoms with Crippen LogP contribution < -0.4 is 9.64 Å². The number of nitrogens with zero attached hydrogens (tertiary/aromatic N) is 1. The number of anilines is 1. The summed E-state index contributed by atoms with van der Waals surface area (Å²) >= 11 is 0. The van der Waals surface area contributed by atoms with Crippen LogP contribution in [0, 0.1) is 0 Å². The van der Waals surface area contributed by atoms with E-state index in [1.807, 2.05) is 6.07 Å². The Morgan fingerprint density at radius 2 is 1.44 bits per heavy atom. The van der Waals surface area contributed by atoms with Gasteiger partial charge in [-0.1, -0.05) is 72.8 Å². The first kappa shape index (κ1) is 17.1. The molecule has 0 spiro atoms. The molecule has 3 rings (SSSR count). The van der Waals surface area contributed by atoms with Gasteiger partial charge in [-0.25, -0.2) is 0 Å². The second-order valence-corrected chi connectivity index (χ2v) is 6.45. The number of rotatable bonds is 6. The Morgan fingerprint density at radius 3 is 2.04 bits per heavy atom. The van der Waals surface area contributed by atoms with E-state index >= 15 is 0 Å². The molecule has 0 saturated carbocycles. The Bertz CT molecular complexity index is 797. The Morgan fingerprint density at radius 1 is 0.800 bits per heavy atom. The van der Waals surface area contributed by atoms with E-state index in [0.29, 0.717) is 0 Å². The Balaban J connectivity index is 2.12. The average Bonchev–Trinajstić information content (AvgIpc) is 2.67. The first-order chi connectivity index (χ1) is 12.2. The highest BCUT2D eigenvalue weighted by atomic mass is 16.5. The van der Waals surface area contributed by atoms with Gasteiger partial charge < -0.3 is 9.64 Å². The van der Waals surface area contributed by atoms with Crippen molar-refractivity contribution in [3.63, 3.8) is 0 Å². The van der Waals surface area contributed by atoms with Crippen LogP contribution in [0.5, 0.6) is 5.75 Å². The molecule has 0 radical (unpaired) electrons. The van der Waals surface area contributed by atoms with E-state index in [0.717, 1.165) is 17.9 Å². The Hall–Kier alpha value is -2.74. The SMILES string of the molecule is COc1cccc(C(Cc2ccccc2)c2ccccc2)c1N(C)C. The lowest BCUT2D eigenvalue weighted by Gasteiger charge is -2.26. The maximum atomic E-state index is 5.64. The zero-order valence-corrected chi connectivity index (χ0v) is 15.1. The van der Waals surface area contributed by atoms with Crippen molar-refractivity contribution >= 4 is 5.69 Å². The van der Waals surface area contributed by atoms with Gasteiger partial charge in [0.2, 0.25) is 0 Å². The summed E-state index contributed by atoms with van der Waals surface area (Å²) in [6, 6.07) is 27.7. The molecular weight excluding hydrogens is 306 g/mol. The molecule has 0 amide bonds. The molecule has 0 fully saturated rings. The van der Waals surface area contributed by atoms with Gasteiger partial charge in [0.15, 0.2) is 0 Å². The molecule has 0 aliphatic heterocycles. The van der Waals surface area contributed by atoms with Gasteiger partial charge in [0.05, 0.1) is 12.8 Å². The van der Waals surface area contributed by atoms with Gasteiger partial charge in [-0.05, 0) is 29.2 Å². The number of benzene rings is 3. The highest BCUT2D eigenvalue weighted by Gasteiger charge is 2.21. The van der Waals surface area contributed by atoms with Crippen LogP contribution in [-0.2, 0) is 6.42 Å². The molecule has 0 aliphatic carbocycles. The van der Waals surface area contributed by atoms with Crippen LogP contribution in [0.3, 0.4) is 0 Å². The van der Waals surface area contributed by atoms with Crippen molar-refractivity contribution in [1.29, 1.82) is 0 Å². The summed E-state index contributed by atoms with van der Waals surface area (Å²) in [4.78, 5) is 2.15. The van der Waals surface area contributed by atoms with Gasteiger partial charge in [-0.15, -0.1) is 0 Å². The van der Waals surface area contributed by atoms with Gasteiger partial charge in [-0.2, -0.15) is 0 Å². The standard InChI is InChI=1S/C23H25NO/c1-24(2)23-20(15-10-16-22(23)25-3)21(19-13-8-5-9-14-19)17-18-11-6-4-7-12-18/h4-16,21H,17H2,1-3H3. The highest BCUT2D eigenvalue weighted by molar-refractivity contribution is 5.65. The second-order valence-electron chi connectivity index (χ2n) is 6.45. The summed E-state index contributed by atoms with van der Waals surface area (Å²) in [6.07, 6.45) is 0.957. The zero-order valence-electron chi connectivity index (χ0n) is 15.1. The number of para-hydroxylation sites is 1. The Kier molecular flexibility index (Phi) is 5.39. The fourth-order valence-corrected chi connectivity index (χ4v) is 3.41. The van der Waals surface area contributed by atoms with Crippen LogP contribution in [-0.4, -0.2) is 21.2 Å². The summed E-state index contributed by atoms with van der Waals surface area (Å²) in [5.41, 5.74) is 5.10. The molecule has 0 bridgehead atoms. The largest absolute Gasteiger partial charge is 0.495 e. The summed E-state index contributed by atoms with van der Waals surface area (Å²) in [5, 5.41) is 0. The van der Waals surface area contributed by atoms with Crippen LogP contribution in [0.15, 0.2) is 78.9 Å². The third-order valence-electron chi connectivity index (χ3n) is 4.56. The van der Waals surface area contributed by atoms with Crippen LogP contribution >= 0.6 is 0 Å².